The molecule has 0 fully saturated rings. The zero-order valence-electron chi connectivity index (χ0n) is 9.73. The van der Waals surface area contributed by atoms with Gasteiger partial charge in [-0.25, -0.2) is 4.79 Å². The number of aromatic nitrogens is 1. The summed E-state index contributed by atoms with van der Waals surface area (Å²) in [5, 5.41) is 8.83. The summed E-state index contributed by atoms with van der Waals surface area (Å²) >= 11 is 0. The largest absolute Gasteiger partial charge is 0.477 e. The summed E-state index contributed by atoms with van der Waals surface area (Å²) in [5.41, 5.74) is 3.38. The second-order valence-corrected chi connectivity index (χ2v) is 4.04. The zero-order valence-corrected chi connectivity index (χ0v) is 9.73. The van der Waals surface area contributed by atoms with Gasteiger partial charge in [0, 0.05) is 5.69 Å². The molecule has 1 aromatic heterocycles. The van der Waals surface area contributed by atoms with Crippen LogP contribution in [0, 0.1) is 0 Å². The lowest BCUT2D eigenvalue weighted by molar-refractivity contribution is 0.0691. The van der Waals surface area contributed by atoms with Crippen LogP contribution in [-0.4, -0.2) is 16.1 Å². The van der Waals surface area contributed by atoms with Gasteiger partial charge < -0.3 is 10.1 Å². The van der Waals surface area contributed by atoms with Crippen LogP contribution in [-0.2, 0) is 6.42 Å². The Morgan fingerprint density at radius 3 is 2.41 bits per heavy atom. The second kappa shape index (κ2) is 4.87. The molecule has 2 rings (SSSR count). The molecule has 0 saturated heterocycles. The molecular weight excluding hydrogens is 214 g/mol. The summed E-state index contributed by atoms with van der Waals surface area (Å²) < 4.78 is 0. The van der Waals surface area contributed by atoms with Crippen molar-refractivity contribution in [2.45, 2.75) is 19.8 Å². The van der Waals surface area contributed by atoms with Gasteiger partial charge in [-0.1, -0.05) is 37.6 Å². The molecule has 0 aliphatic heterocycles. The van der Waals surface area contributed by atoms with Crippen LogP contribution in [0.4, 0.5) is 0 Å². The lowest BCUT2D eigenvalue weighted by atomic mass is 10.1. The fraction of sp³-hybridized carbons (Fsp3) is 0.214. The maximum atomic E-state index is 10.8. The van der Waals surface area contributed by atoms with Crippen LogP contribution in [0.1, 0.15) is 29.4 Å². The Morgan fingerprint density at radius 2 is 1.88 bits per heavy atom. The number of rotatable bonds is 4. The van der Waals surface area contributed by atoms with Crippen molar-refractivity contribution in [1.29, 1.82) is 0 Å². The van der Waals surface area contributed by atoms with E-state index in [9.17, 15) is 4.79 Å². The normalized spacial score (nSPS) is 10.4. The molecule has 0 unspecified atom stereocenters. The summed E-state index contributed by atoms with van der Waals surface area (Å²) in [6.07, 6.45) is 2.20. The number of H-pyrrole nitrogens is 1. The van der Waals surface area contributed by atoms with Crippen molar-refractivity contribution in [3.8, 4) is 11.3 Å². The van der Waals surface area contributed by atoms with E-state index in [1.165, 1.54) is 5.56 Å². The third-order valence-electron chi connectivity index (χ3n) is 2.72. The molecule has 0 radical (unpaired) electrons. The first kappa shape index (κ1) is 11.5. The molecular formula is C14H15NO2. The van der Waals surface area contributed by atoms with Gasteiger partial charge in [0.15, 0.2) is 0 Å². The van der Waals surface area contributed by atoms with Crippen molar-refractivity contribution in [2.75, 3.05) is 0 Å². The van der Waals surface area contributed by atoms with Crippen LogP contribution in [0.25, 0.3) is 11.3 Å². The Balaban J connectivity index is 2.23. The van der Waals surface area contributed by atoms with Gasteiger partial charge in [-0.3, -0.25) is 0 Å². The standard InChI is InChI=1S/C14H15NO2/c1-2-3-10-4-6-11(7-5-10)12-8-9-13(15-12)14(16)17/h4-9,15H,2-3H2,1H3,(H,16,17). The van der Waals surface area contributed by atoms with Gasteiger partial charge in [-0.05, 0) is 29.7 Å². The molecule has 3 nitrogen and oxygen atoms in total. The number of hydrogen-bond donors (Lipinski definition) is 2. The number of nitrogens with one attached hydrogen (secondary N) is 1. The van der Waals surface area contributed by atoms with Crippen LogP contribution >= 0.6 is 0 Å². The van der Waals surface area contributed by atoms with Crippen LogP contribution in [0.15, 0.2) is 36.4 Å². The molecule has 1 heterocycles. The first-order valence-corrected chi connectivity index (χ1v) is 5.72. The van der Waals surface area contributed by atoms with Crippen molar-refractivity contribution in [2.24, 2.45) is 0 Å². The number of benzene rings is 1. The molecule has 17 heavy (non-hydrogen) atoms. The molecule has 1 aromatic carbocycles. The van der Waals surface area contributed by atoms with Crippen molar-refractivity contribution < 1.29 is 9.90 Å². The minimum absolute atomic E-state index is 0.220. The van der Waals surface area contributed by atoms with Crippen LogP contribution < -0.4 is 0 Å². The van der Waals surface area contributed by atoms with Gasteiger partial charge in [-0.15, -0.1) is 0 Å². The molecule has 2 aromatic rings. The summed E-state index contributed by atoms with van der Waals surface area (Å²) in [5.74, 6) is -0.932. The Kier molecular flexibility index (Phi) is 3.28. The minimum Gasteiger partial charge on any atom is -0.477 e. The van der Waals surface area contributed by atoms with Gasteiger partial charge >= 0.3 is 5.97 Å². The molecule has 0 bridgehead atoms. The van der Waals surface area contributed by atoms with E-state index >= 15 is 0 Å². The van der Waals surface area contributed by atoms with E-state index in [0.29, 0.717) is 0 Å². The van der Waals surface area contributed by atoms with Gasteiger partial charge in [-0.2, -0.15) is 0 Å². The SMILES string of the molecule is CCCc1ccc(-c2ccc(C(=O)O)[nH]2)cc1. The molecule has 0 aliphatic carbocycles. The van der Waals surface area contributed by atoms with E-state index in [0.717, 1.165) is 24.1 Å². The van der Waals surface area contributed by atoms with Crippen LogP contribution in [0.3, 0.4) is 0 Å². The summed E-state index contributed by atoms with van der Waals surface area (Å²) in [4.78, 5) is 13.6. The van der Waals surface area contributed by atoms with Crippen molar-refractivity contribution >= 4 is 5.97 Å². The Labute approximate surface area is 100 Å². The monoisotopic (exact) mass is 229 g/mol. The third-order valence-corrected chi connectivity index (χ3v) is 2.72. The van der Waals surface area contributed by atoms with Crippen LogP contribution in [0.5, 0.6) is 0 Å². The molecule has 0 saturated carbocycles. The maximum Gasteiger partial charge on any atom is 0.352 e. The Bertz CT molecular complexity index is 511. The van der Waals surface area contributed by atoms with Crippen molar-refractivity contribution in [1.82, 2.24) is 4.98 Å². The van der Waals surface area contributed by atoms with Gasteiger partial charge in [0.05, 0.1) is 0 Å². The molecule has 0 aliphatic rings. The lowest BCUT2D eigenvalue weighted by Crippen LogP contribution is -1.95. The highest BCUT2D eigenvalue weighted by molar-refractivity contribution is 5.86. The number of carboxylic acids is 1. The fourth-order valence-electron chi connectivity index (χ4n) is 1.83. The molecule has 88 valence electrons. The average Bonchev–Trinajstić information content (AvgIpc) is 2.80. The number of carbonyl (C=O) groups is 1. The van der Waals surface area contributed by atoms with Crippen molar-refractivity contribution in [3.63, 3.8) is 0 Å². The quantitative estimate of drug-likeness (QED) is 0.844. The van der Waals surface area contributed by atoms with Gasteiger partial charge in [0.25, 0.3) is 0 Å². The number of aromatic amines is 1. The Morgan fingerprint density at radius 1 is 1.18 bits per heavy atom. The summed E-state index contributed by atoms with van der Waals surface area (Å²) in [6.45, 7) is 2.15. The maximum absolute atomic E-state index is 10.8. The zero-order chi connectivity index (χ0) is 12.3. The van der Waals surface area contributed by atoms with Crippen LogP contribution in [0.2, 0.25) is 0 Å². The average molecular weight is 229 g/mol. The van der Waals surface area contributed by atoms with E-state index in [2.05, 4.69) is 24.0 Å². The van der Waals surface area contributed by atoms with E-state index in [1.807, 2.05) is 12.1 Å². The van der Waals surface area contributed by atoms with Gasteiger partial charge in [0.2, 0.25) is 0 Å². The fourth-order valence-corrected chi connectivity index (χ4v) is 1.83. The lowest BCUT2D eigenvalue weighted by Gasteiger charge is -2.01. The second-order valence-electron chi connectivity index (χ2n) is 4.04. The summed E-state index contributed by atoms with van der Waals surface area (Å²) in [6, 6.07) is 11.6. The number of aryl methyl sites for hydroxylation is 1. The highest BCUT2D eigenvalue weighted by Gasteiger charge is 2.06. The van der Waals surface area contributed by atoms with E-state index in [4.69, 9.17) is 5.11 Å². The van der Waals surface area contributed by atoms with Gasteiger partial charge in [0.1, 0.15) is 5.69 Å². The van der Waals surface area contributed by atoms with E-state index < -0.39 is 5.97 Å². The summed E-state index contributed by atoms with van der Waals surface area (Å²) in [7, 11) is 0. The molecule has 2 N–H and O–H groups in total. The van der Waals surface area contributed by atoms with Crippen molar-refractivity contribution in [3.05, 3.63) is 47.7 Å². The van der Waals surface area contributed by atoms with E-state index in [1.54, 1.807) is 12.1 Å². The van der Waals surface area contributed by atoms with E-state index in [-0.39, 0.29) is 5.69 Å². The smallest absolute Gasteiger partial charge is 0.352 e. The number of carboxylic acid groups (broad SMARTS) is 1. The topological polar surface area (TPSA) is 53.1 Å². The predicted molar refractivity (Wildman–Crippen MR) is 67.2 cm³/mol. The molecule has 0 spiro atoms. The first-order valence-electron chi connectivity index (χ1n) is 5.72. The molecule has 0 atom stereocenters. The highest BCUT2D eigenvalue weighted by Crippen LogP contribution is 2.19. The first-order chi connectivity index (χ1) is 8.20. The highest BCUT2D eigenvalue weighted by atomic mass is 16.4. The Hall–Kier alpha value is -2.03. The third kappa shape index (κ3) is 2.56. The number of aromatic carboxylic acids is 1. The predicted octanol–water partition coefficient (Wildman–Crippen LogP) is 3.33. The molecule has 3 heteroatoms. The minimum atomic E-state index is -0.932. The number of hydrogen-bond acceptors (Lipinski definition) is 1. The molecule has 0 amide bonds.